The van der Waals surface area contributed by atoms with Gasteiger partial charge in [0, 0.05) is 38.9 Å². The van der Waals surface area contributed by atoms with E-state index >= 15 is 0 Å². The van der Waals surface area contributed by atoms with Crippen molar-refractivity contribution in [2.45, 2.75) is 117 Å². The van der Waals surface area contributed by atoms with Crippen LogP contribution in [0.3, 0.4) is 0 Å². The molecule has 1 aliphatic rings. The Morgan fingerprint density at radius 1 is 0.804 bits per heavy atom. The Labute approximate surface area is 324 Å². The van der Waals surface area contributed by atoms with Crippen LogP contribution in [0.2, 0.25) is 0 Å². The summed E-state index contributed by atoms with van der Waals surface area (Å²) in [4.78, 5) is 114. The second kappa shape index (κ2) is 21.6. The van der Waals surface area contributed by atoms with E-state index in [1.165, 1.54) is 0 Å². The van der Waals surface area contributed by atoms with Crippen LogP contribution in [0.1, 0.15) is 93.9 Å². The molecule has 0 aliphatic carbocycles. The van der Waals surface area contributed by atoms with Gasteiger partial charge in [-0.2, -0.15) is 0 Å². The summed E-state index contributed by atoms with van der Waals surface area (Å²) in [5, 5.41) is 30.2. The summed E-state index contributed by atoms with van der Waals surface area (Å²) in [7, 11) is 0. The second-order valence-electron chi connectivity index (χ2n) is 15.4. The lowest BCUT2D eigenvalue weighted by molar-refractivity contribution is -0.181. The average molecular weight is 805 g/mol. The number of rotatable bonds is 14. The van der Waals surface area contributed by atoms with Crippen LogP contribution in [0, 0.1) is 11.3 Å². The third kappa shape index (κ3) is 18.8. The van der Waals surface area contributed by atoms with E-state index in [0.717, 1.165) is 13.8 Å². The fourth-order valence-electron chi connectivity index (χ4n) is 4.86. The summed E-state index contributed by atoms with van der Waals surface area (Å²) in [6.07, 6.45) is -3.59. The number of nitrogens with one attached hydrogen (secondary N) is 4. The molecule has 0 saturated carbocycles. The second-order valence-corrected chi connectivity index (χ2v) is 15.4. The van der Waals surface area contributed by atoms with E-state index in [0.29, 0.717) is 0 Å². The Kier molecular flexibility index (Phi) is 18.8. The molecule has 1 aliphatic heterocycles. The van der Waals surface area contributed by atoms with Gasteiger partial charge in [-0.25, -0.2) is 19.2 Å². The van der Waals surface area contributed by atoms with Crippen LogP contribution < -0.4 is 21.3 Å². The quantitative estimate of drug-likeness (QED) is 0.0828. The topological polar surface area (TPSA) is 298 Å². The number of esters is 3. The molecule has 0 spiro atoms. The molecule has 1 fully saturated rings. The average Bonchev–Trinajstić information content (AvgIpc) is 3.04. The molecule has 2 atom stereocenters. The van der Waals surface area contributed by atoms with Crippen LogP contribution in [0.5, 0.6) is 0 Å². The maximum absolute atomic E-state index is 13.3. The number of ether oxygens (including phenoxy) is 6. The van der Waals surface area contributed by atoms with Gasteiger partial charge in [0.2, 0.25) is 0 Å². The van der Waals surface area contributed by atoms with Gasteiger partial charge in [-0.15, -0.1) is 0 Å². The lowest BCUT2D eigenvalue weighted by Crippen LogP contribution is -2.62. The minimum Gasteiger partial charge on any atom is -0.481 e. The number of carbonyl (C=O) groups is 9. The van der Waals surface area contributed by atoms with E-state index in [9.17, 15) is 53.4 Å². The summed E-state index contributed by atoms with van der Waals surface area (Å²) in [5.74, 6) is -10.3. The Balaban J connectivity index is 3.51. The summed E-state index contributed by atoms with van der Waals surface area (Å²) in [6, 6.07) is -2.39. The monoisotopic (exact) mass is 804 g/mol. The first kappa shape index (κ1) is 48.6. The van der Waals surface area contributed by atoms with Gasteiger partial charge in [-0.05, 0) is 74.7 Å². The Morgan fingerprint density at radius 3 is 1.71 bits per heavy atom. The molecule has 1 saturated heterocycles. The molecular formula is C35H56N4O17. The minimum absolute atomic E-state index is 0.00764. The van der Waals surface area contributed by atoms with E-state index in [1.54, 1.807) is 41.5 Å². The number of alkyl carbamates (subject to hydrolysis) is 3. The van der Waals surface area contributed by atoms with E-state index in [4.69, 9.17) is 28.4 Å². The van der Waals surface area contributed by atoms with Gasteiger partial charge in [0.1, 0.15) is 43.0 Å². The third-order valence-electron chi connectivity index (χ3n) is 7.55. The lowest BCUT2D eigenvalue weighted by atomic mass is 9.72. The van der Waals surface area contributed by atoms with Crippen LogP contribution in [0.25, 0.3) is 0 Å². The normalized spacial score (nSPS) is 19.1. The molecular weight excluding hydrogens is 748 g/mol. The zero-order valence-electron chi connectivity index (χ0n) is 33.2. The van der Waals surface area contributed by atoms with Crippen molar-refractivity contribution in [2.24, 2.45) is 11.3 Å². The first-order chi connectivity index (χ1) is 25.8. The van der Waals surface area contributed by atoms with Gasteiger partial charge in [-0.3, -0.25) is 24.0 Å². The molecule has 0 aromatic rings. The van der Waals surface area contributed by atoms with Crippen molar-refractivity contribution >= 4 is 54.0 Å². The zero-order chi connectivity index (χ0) is 42.9. The number of carboxylic acid groups (broad SMARTS) is 2. The summed E-state index contributed by atoms with van der Waals surface area (Å²) in [5.41, 5.74) is -5.99. The van der Waals surface area contributed by atoms with Gasteiger partial charge < -0.3 is 59.9 Å². The summed E-state index contributed by atoms with van der Waals surface area (Å²) < 4.78 is 31.6. The SMILES string of the molecule is CC(C)(C)OC(=O)NCCCC(=O)OCC1(COC(=O)CCCNC(=O)OC(C)(C)C)COC(=O)CCCNC(=O)OC(C)(C)C(=O)NC(C(=O)O)C1C(=O)O. The van der Waals surface area contributed by atoms with E-state index in [1.807, 2.05) is 0 Å². The third-order valence-corrected chi connectivity index (χ3v) is 7.55. The molecule has 0 bridgehead atoms. The number of carbonyl (C=O) groups excluding carboxylic acids is 7. The first-order valence-electron chi connectivity index (χ1n) is 17.9. The molecule has 1 rings (SSSR count). The van der Waals surface area contributed by atoms with Crippen molar-refractivity contribution in [3.8, 4) is 0 Å². The maximum atomic E-state index is 13.3. The molecule has 0 radical (unpaired) electrons. The molecule has 1 heterocycles. The highest BCUT2D eigenvalue weighted by Gasteiger charge is 2.54. The first-order valence-corrected chi connectivity index (χ1v) is 17.9. The molecule has 0 aromatic heterocycles. The van der Waals surface area contributed by atoms with E-state index in [2.05, 4.69) is 21.3 Å². The number of amides is 4. The highest BCUT2D eigenvalue weighted by atomic mass is 16.6. The van der Waals surface area contributed by atoms with Crippen molar-refractivity contribution in [3.05, 3.63) is 0 Å². The summed E-state index contributed by atoms with van der Waals surface area (Å²) >= 11 is 0. The van der Waals surface area contributed by atoms with E-state index in [-0.39, 0.29) is 58.2 Å². The number of hydrogen-bond donors (Lipinski definition) is 6. The molecule has 6 N–H and O–H groups in total. The zero-order valence-corrected chi connectivity index (χ0v) is 33.2. The fraction of sp³-hybridized carbons (Fsp3) is 0.743. The number of carboxylic acids is 2. The van der Waals surface area contributed by atoms with Gasteiger partial charge >= 0.3 is 48.1 Å². The van der Waals surface area contributed by atoms with Crippen LogP contribution in [0.15, 0.2) is 0 Å². The van der Waals surface area contributed by atoms with Crippen LogP contribution in [-0.4, -0.2) is 127 Å². The highest BCUT2D eigenvalue weighted by Crippen LogP contribution is 2.35. The highest BCUT2D eigenvalue weighted by molar-refractivity contribution is 5.92. The Hall–Kier alpha value is -5.37. The Bertz CT molecular complexity index is 1380. The van der Waals surface area contributed by atoms with Crippen molar-refractivity contribution < 1.29 is 81.8 Å². The van der Waals surface area contributed by atoms with Crippen molar-refractivity contribution in [2.75, 3.05) is 39.5 Å². The van der Waals surface area contributed by atoms with Crippen molar-refractivity contribution in [3.63, 3.8) is 0 Å². The van der Waals surface area contributed by atoms with Crippen LogP contribution in [0.4, 0.5) is 14.4 Å². The molecule has 21 heteroatoms. The molecule has 2 unspecified atom stereocenters. The van der Waals surface area contributed by atoms with Gasteiger partial charge in [0.15, 0.2) is 5.60 Å². The molecule has 56 heavy (non-hydrogen) atoms. The van der Waals surface area contributed by atoms with Gasteiger partial charge in [0.25, 0.3) is 5.91 Å². The van der Waals surface area contributed by atoms with E-state index < -0.39 is 108 Å². The van der Waals surface area contributed by atoms with Crippen molar-refractivity contribution in [1.82, 2.24) is 21.3 Å². The van der Waals surface area contributed by atoms with Gasteiger partial charge in [0.05, 0.1) is 5.41 Å². The molecule has 0 aromatic carbocycles. The number of cyclic esters (lactones) is 2. The maximum Gasteiger partial charge on any atom is 0.408 e. The minimum atomic E-state index is -2.39. The predicted octanol–water partition coefficient (Wildman–Crippen LogP) is 1.78. The standard InChI is InChI=1S/C35H56N4O17/c1-32(2,3)54-29(48)36-15-9-12-21(40)51-18-35(19-52-22(41)13-10-16-37-30(49)55-33(4,5)6)20-53-23(42)14-11-17-38-31(50)56-34(7,8)28(47)39-25(27(45)46)24(35)26(43)44/h24-25H,9-20H2,1-8H3,(H,36,48)(H,37,49)(H,38,50)(H,39,47)(H,43,44)(H,45,46). The molecule has 318 valence electrons. The predicted molar refractivity (Wildman–Crippen MR) is 191 cm³/mol. The smallest absolute Gasteiger partial charge is 0.408 e. The van der Waals surface area contributed by atoms with Crippen molar-refractivity contribution in [1.29, 1.82) is 0 Å². The number of hydrogen-bond acceptors (Lipinski definition) is 15. The fourth-order valence-corrected chi connectivity index (χ4v) is 4.86. The van der Waals surface area contributed by atoms with Crippen LogP contribution in [-0.2, 0) is 57.2 Å². The van der Waals surface area contributed by atoms with Crippen LogP contribution >= 0.6 is 0 Å². The lowest BCUT2D eigenvalue weighted by Gasteiger charge is -2.40. The largest absolute Gasteiger partial charge is 0.481 e. The Morgan fingerprint density at radius 2 is 1.29 bits per heavy atom. The number of aliphatic carboxylic acids is 2. The summed E-state index contributed by atoms with van der Waals surface area (Å²) in [6.45, 7) is 8.97. The van der Waals surface area contributed by atoms with Gasteiger partial charge in [-0.1, -0.05) is 0 Å². The molecule has 4 amide bonds. The molecule has 21 nitrogen and oxygen atoms in total.